The highest BCUT2D eigenvalue weighted by Crippen LogP contribution is 2.35. The number of hydrogen-bond donors (Lipinski definition) is 0. The van der Waals surface area contributed by atoms with Crippen molar-refractivity contribution in [2.24, 2.45) is 0 Å². The van der Waals surface area contributed by atoms with Crippen LogP contribution < -0.4 is 4.90 Å². The zero-order valence-electron chi connectivity index (χ0n) is 17.7. The summed E-state index contributed by atoms with van der Waals surface area (Å²) in [6, 6.07) is 22.5. The molecule has 0 saturated carbocycles. The minimum absolute atomic E-state index is 0.0827. The summed E-state index contributed by atoms with van der Waals surface area (Å²) >= 11 is 0. The topological polar surface area (TPSA) is 83.8 Å². The Kier molecular flexibility index (Phi) is 5.55. The lowest BCUT2D eigenvalue weighted by atomic mass is 10.0. The Hall–Kier alpha value is -4.26. The second kappa shape index (κ2) is 8.47. The van der Waals surface area contributed by atoms with Crippen molar-refractivity contribution in [1.29, 1.82) is 0 Å². The van der Waals surface area contributed by atoms with E-state index in [1.807, 2.05) is 49.4 Å². The predicted octanol–water partition coefficient (Wildman–Crippen LogP) is 4.32. The molecule has 0 fully saturated rings. The van der Waals surface area contributed by atoms with E-state index in [-0.39, 0.29) is 17.0 Å². The van der Waals surface area contributed by atoms with Gasteiger partial charge in [0.25, 0.3) is 17.5 Å². The number of carbonyl (C=O) groups is 2. The Morgan fingerprint density at radius 2 is 1.50 bits per heavy atom. The van der Waals surface area contributed by atoms with Crippen LogP contribution in [0.15, 0.2) is 84.6 Å². The third-order valence-corrected chi connectivity index (χ3v) is 5.36. The molecule has 160 valence electrons. The smallest absolute Gasteiger partial charge is 0.282 e. The molecule has 0 N–H and O–H groups in total. The first-order valence-corrected chi connectivity index (χ1v) is 10.1. The number of imide groups is 1. The molecule has 0 spiro atoms. The van der Waals surface area contributed by atoms with Gasteiger partial charge in [0.2, 0.25) is 0 Å². The molecule has 1 aliphatic heterocycles. The summed E-state index contributed by atoms with van der Waals surface area (Å²) in [6.45, 7) is 2.35. The number of rotatable bonds is 6. The highest BCUT2D eigenvalue weighted by molar-refractivity contribution is 6.45. The van der Waals surface area contributed by atoms with Gasteiger partial charge in [-0.1, -0.05) is 48.0 Å². The molecule has 0 unspecified atom stereocenters. The number of anilines is 1. The van der Waals surface area contributed by atoms with Gasteiger partial charge in [0, 0.05) is 25.7 Å². The fourth-order valence-electron chi connectivity index (χ4n) is 3.75. The van der Waals surface area contributed by atoms with Crippen LogP contribution in [0.25, 0.3) is 5.57 Å². The van der Waals surface area contributed by atoms with E-state index in [2.05, 4.69) is 0 Å². The molecule has 4 rings (SSSR count). The van der Waals surface area contributed by atoms with Crippen molar-refractivity contribution in [3.63, 3.8) is 0 Å². The van der Waals surface area contributed by atoms with Gasteiger partial charge in [-0.3, -0.25) is 19.7 Å². The summed E-state index contributed by atoms with van der Waals surface area (Å²) in [6.07, 6.45) is 0. The molecule has 3 aromatic rings. The number of aryl methyl sites for hydroxylation is 1. The first kappa shape index (κ1) is 21.0. The van der Waals surface area contributed by atoms with Crippen LogP contribution in [-0.2, 0) is 16.1 Å². The average Bonchev–Trinajstić information content (AvgIpc) is 3.05. The van der Waals surface area contributed by atoms with Crippen LogP contribution in [0.4, 0.5) is 11.4 Å². The number of non-ortho nitro benzene ring substituents is 1. The predicted molar refractivity (Wildman–Crippen MR) is 122 cm³/mol. The second-order valence-electron chi connectivity index (χ2n) is 7.65. The van der Waals surface area contributed by atoms with Crippen LogP contribution >= 0.6 is 0 Å². The van der Waals surface area contributed by atoms with Gasteiger partial charge in [-0.05, 0) is 42.3 Å². The van der Waals surface area contributed by atoms with Gasteiger partial charge in [0.15, 0.2) is 0 Å². The first-order valence-electron chi connectivity index (χ1n) is 10.1. The van der Waals surface area contributed by atoms with Crippen LogP contribution in [0.2, 0.25) is 0 Å². The highest BCUT2D eigenvalue weighted by atomic mass is 16.6. The molecular weight excluding hydrogens is 406 g/mol. The van der Waals surface area contributed by atoms with Crippen LogP contribution in [-0.4, -0.2) is 28.7 Å². The number of hydrogen-bond acceptors (Lipinski definition) is 5. The second-order valence-corrected chi connectivity index (χ2v) is 7.65. The number of benzene rings is 3. The summed E-state index contributed by atoms with van der Waals surface area (Å²) in [7, 11) is 1.76. The molecule has 0 bridgehead atoms. The third kappa shape index (κ3) is 3.88. The molecule has 0 saturated heterocycles. The number of amides is 2. The van der Waals surface area contributed by atoms with E-state index in [1.54, 1.807) is 24.1 Å². The number of nitro groups is 1. The van der Waals surface area contributed by atoms with Crippen molar-refractivity contribution in [3.8, 4) is 0 Å². The minimum atomic E-state index is -0.499. The lowest BCUT2D eigenvalue weighted by Crippen LogP contribution is -2.34. The van der Waals surface area contributed by atoms with E-state index in [1.165, 1.54) is 24.3 Å². The molecule has 0 aliphatic carbocycles. The Morgan fingerprint density at radius 3 is 2.09 bits per heavy atom. The number of nitrogens with zero attached hydrogens (tertiary/aromatic N) is 3. The highest BCUT2D eigenvalue weighted by Gasteiger charge is 2.41. The van der Waals surface area contributed by atoms with Gasteiger partial charge < -0.3 is 4.90 Å². The van der Waals surface area contributed by atoms with Crippen molar-refractivity contribution in [3.05, 3.63) is 111 Å². The molecular formula is C25H21N3O4. The van der Waals surface area contributed by atoms with Gasteiger partial charge in [-0.25, -0.2) is 4.90 Å². The molecule has 7 heteroatoms. The zero-order valence-corrected chi connectivity index (χ0v) is 17.7. The van der Waals surface area contributed by atoms with Gasteiger partial charge in [0.05, 0.1) is 16.2 Å². The van der Waals surface area contributed by atoms with Crippen molar-refractivity contribution >= 4 is 28.8 Å². The summed E-state index contributed by atoms with van der Waals surface area (Å²) in [5.41, 5.74) is 3.34. The Labute approximate surface area is 185 Å². The molecule has 32 heavy (non-hydrogen) atoms. The van der Waals surface area contributed by atoms with Crippen molar-refractivity contribution in [2.75, 3.05) is 11.9 Å². The monoisotopic (exact) mass is 427 g/mol. The normalized spacial score (nSPS) is 13.6. The molecule has 3 aromatic carbocycles. The maximum Gasteiger partial charge on any atom is 0.282 e. The van der Waals surface area contributed by atoms with Gasteiger partial charge >= 0.3 is 0 Å². The fraction of sp³-hybridized carbons (Fsp3) is 0.120. The van der Waals surface area contributed by atoms with Gasteiger partial charge in [-0.2, -0.15) is 0 Å². The minimum Gasteiger partial charge on any atom is -0.365 e. The van der Waals surface area contributed by atoms with E-state index in [4.69, 9.17) is 0 Å². The Bertz CT molecular complexity index is 1220. The summed E-state index contributed by atoms with van der Waals surface area (Å²) in [5, 5.41) is 11.0. The van der Waals surface area contributed by atoms with Crippen LogP contribution in [0, 0.1) is 17.0 Å². The quantitative estimate of drug-likeness (QED) is 0.332. The van der Waals surface area contributed by atoms with Crippen molar-refractivity contribution in [2.45, 2.75) is 13.5 Å². The van der Waals surface area contributed by atoms with Crippen molar-refractivity contribution in [1.82, 2.24) is 4.90 Å². The number of likely N-dealkylation sites (N-methyl/N-ethyl adjacent to an activating group) is 1. The standard InChI is InChI=1S/C25H21N3O4/c1-17-8-12-20(13-9-17)27-24(29)22(19-10-14-21(15-11-19)28(31)32)23(25(27)30)26(2)16-18-6-4-3-5-7-18/h3-15H,16H2,1-2H3. The average molecular weight is 427 g/mol. The first-order chi connectivity index (χ1) is 15.4. The number of carbonyl (C=O) groups excluding carboxylic acids is 2. The van der Waals surface area contributed by atoms with E-state index >= 15 is 0 Å². The van der Waals surface area contributed by atoms with Crippen LogP contribution in [0.1, 0.15) is 16.7 Å². The zero-order chi connectivity index (χ0) is 22.8. The SMILES string of the molecule is Cc1ccc(N2C(=O)C(c3ccc([N+](=O)[O-])cc3)=C(N(C)Cc3ccccc3)C2=O)cc1. The molecule has 2 amide bonds. The molecule has 1 heterocycles. The summed E-state index contributed by atoms with van der Waals surface area (Å²) < 4.78 is 0. The van der Waals surface area contributed by atoms with E-state index in [0.29, 0.717) is 17.8 Å². The third-order valence-electron chi connectivity index (χ3n) is 5.36. The molecule has 0 atom stereocenters. The van der Waals surface area contributed by atoms with E-state index in [0.717, 1.165) is 16.0 Å². The largest absolute Gasteiger partial charge is 0.365 e. The Balaban J connectivity index is 1.79. The maximum atomic E-state index is 13.5. The summed E-state index contributed by atoms with van der Waals surface area (Å²) in [5.74, 6) is -0.881. The maximum absolute atomic E-state index is 13.5. The summed E-state index contributed by atoms with van der Waals surface area (Å²) in [4.78, 5) is 40.4. The fourth-order valence-corrected chi connectivity index (χ4v) is 3.75. The molecule has 0 aromatic heterocycles. The lowest BCUT2D eigenvalue weighted by molar-refractivity contribution is -0.384. The van der Waals surface area contributed by atoms with Gasteiger partial charge in [-0.15, -0.1) is 0 Å². The molecule has 7 nitrogen and oxygen atoms in total. The Morgan fingerprint density at radius 1 is 0.875 bits per heavy atom. The van der Waals surface area contributed by atoms with Crippen molar-refractivity contribution < 1.29 is 14.5 Å². The molecule has 0 radical (unpaired) electrons. The van der Waals surface area contributed by atoms with E-state index < -0.39 is 16.7 Å². The van der Waals surface area contributed by atoms with E-state index in [9.17, 15) is 19.7 Å². The molecule has 1 aliphatic rings. The van der Waals surface area contributed by atoms with Gasteiger partial charge in [0.1, 0.15) is 5.70 Å². The number of nitro benzene ring substituents is 1. The van der Waals surface area contributed by atoms with Crippen LogP contribution in [0.5, 0.6) is 0 Å². The van der Waals surface area contributed by atoms with Crippen LogP contribution in [0.3, 0.4) is 0 Å². The lowest BCUT2D eigenvalue weighted by Gasteiger charge is -2.21.